The summed E-state index contributed by atoms with van der Waals surface area (Å²) in [7, 11) is -3.41. The maximum atomic E-state index is 11.4. The highest BCUT2D eigenvalue weighted by Gasteiger charge is 2.17. The number of carbonyl (C=O) groups is 1. The van der Waals surface area contributed by atoms with Gasteiger partial charge < -0.3 is 10.6 Å². The summed E-state index contributed by atoms with van der Waals surface area (Å²) in [6.45, 7) is 2.24. The monoisotopic (exact) mass is 249 g/mol. The summed E-state index contributed by atoms with van der Waals surface area (Å²) >= 11 is 0. The van der Waals surface area contributed by atoms with Gasteiger partial charge in [-0.2, -0.15) is 0 Å². The molecule has 1 saturated heterocycles. The molecule has 1 rings (SSSR count). The van der Waals surface area contributed by atoms with Crippen molar-refractivity contribution >= 4 is 15.9 Å². The Morgan fingerprint density at radius 3 is 2.81 bits per heavy atom. The van der Waals surface area contributed by atoms with E-state index in [1.165, 1.54) is 0 Å². The van der Waals surface area contributed by atoms with E-state index < -0.39 is 10.0 Å². The fourth-order valence-corrected chi connectivity index (χ4v) is 2.27. The number of nitrogens with one attached hydrogen (secondary N) is 2. The molecule has 0 aromatic rings. The van der Waals surface area contributed by atoms with Crippen LogP contribution in [0.4, 0.5) is 0 Å². The van der Waals surface area contributed by atoms with E-state index >= 15 is 0 Å². The number of primary sulfonamides is 1. The molecule has 16 heavy (non-hydrogen) atoms. The third-order valence-electron chi connectivity index (χ3n) is 2.56. The minimum atomic E-state index is -3.41. The zero-order chi connectivity index (χ0) is 12.0. The lowest BCUT2D eigenvalue weighted by atomic mass is 10.0. The summed E-state index contributed by atoms with van der Waals surface area (Å²) in [5, 5.41) is 10.7. The number of nitrogens with two attached hydrogens (primary N) is 1. The lowest BCUT2D eigenvalue weighted by Gasteiger charge is -2.08. The molecular formula is C9H19N3O3S. The van der Waals surface area contributed by atoms with Crippen LogP contribution in [0, 0.1) is 5.92 Å². The third-order valence-corrected chi connectivity index (χ3v) is 3.42. The zero-order valence-electron chi connectivity index (χ0n) is 9.24. The second-order valence-corrected chi connectivity index (χ2v) is 5.87. The molecule has 1 atom stereocenters. The van der Waals surface area contributed by atoms with Crippen molar-refractivity contribution in [2.45, 2.75) is 19.3 Å². The lowest BCUT2D eigenvalue weighted by molar-refractivity contribution is -0.121. The van der Waals surface area contributed by atoms with E-state index in [0.717, 1.165) is 19.5 Å². The highest BCUT2D eigenvalue weighted by molar-refractivity contribution is 7.89. The molecular weight excluding hydrogens is 230 g/mol. The van der Waals surface area contributed by atoms with E-state index in [-0.39, 0.29) is 11.7 Å². The van der Waals surface area contributed by atoms with Gasteiger partial charge in [-0.15, -0.1) is 0 Å². The summed E-state index contributed by atoms with van der Waals surface area (Å²) in [5.41, 5.74) is 0. The average Bonchev–Trinajstić information content (AvgIpc) is 2.63. The number of hydrogen-bond acceptors (Lipinski definition) is 4. The number of carbonyl (C=O) groups excluding carboxylic acids is 1. The van der Waals surface area contributed by atoms with Crippen molar-refractivity contribution in [2.75, 3.05) is 25.4 Å². The van der Waals surface area contributed by atoms with Crippen LogP contribution in [0.5, 0.6) is 0 Å². The van der Waals surface area contributed by atoms with Gasteiger partial charge in [-0.25, -0.2) is 13.6 Å². The molecule has 0 radical (unpaired) electrons. The van der Waals surface area contributed by atoms with Crippen LogP contribution >= 0.6 is 0 Å². The van der Waals surface area contributed by atoms with Gasteiger partial charge in [0.15, 0.2) is 0 Å². The van der Waals surface area contributed by atoms with Gasteiger partial charge in [0.25, 0.3) is 0 Å². The highest BCUT2D eigenvalue weighted by Crippen LogP contribution is 2.11. The Bertz CT molecular complexity index is 323. The molecule has 1 aliphatic rings. The largest absolute Gasteiger partial charge is 0.356 e. The first-order valence-corrected chi connectivity index (χ1v) is 7.17. The second-order valence-electron chi connectivity index (χ2n) is 4.13. The molecule has 7 heteroatoms. The van der Waals surface area contributed by atoms with Crippen LogP contribution in [-0.4, -0.2) is 39.7 Å². The van der Waals surface area contributed by atoms with Crippen molar-refractivity contribution in [1.29, 1.82) is 0 Å². The first-order chi connectivity index (χ1) is 7.47. The van der Waals surface area contributed by atoms with Gasteiger partial charge in [-0.1, -0.05) is 0 Å². The molecule has 94 valence electrons. The highest BCUT2D eigenvalue weighted by atomic mass is 32.2. The molecule has 0 aromatic heterocycles. The van der Waals surface area contributed by atoms with E-state index in [1.807, 2.05) is 0 Å². The maximum absolute atomic E-state index is 11.4. The number of sulfonamides is 1. The van der Waals surface area contributed by atoms with Crippen LogP contribution in [0.15, 0.2) is 0 Å². The van der Waals surface area contributed by atoms with Crippen LogP contribution in [0.25, 0.3) is 0 Å². The topological polar surface area (TPSA) is 101 Å². The summed E-state index contributed by atoms with van der Waals surface area (Å²) < 4.78 is 21.2. The fraction of sp³-hybridized carbons (Fsp3) is 0.889. The Kier molecular flexibility index (Phi) is 5.17. The van der Waals surface area contributed by atoms with Crippen molar-refractivity contribution in [3.05, 3.63) is 0 Å². The fourth-order valence-electron chi connectivity index (χ4n) is 1.72. The number of hydrogen-bond donors (Lipinski definition) is 3. The third kappa shape index (κ3) is 6.04. The van der Waals surface area contributed by atoms with Crippen LogP contribution in [-0.2, 0) is 14.8 Å². The Morgan fingerprint density at radius 2 is 2.25 bits per heavy atom. The first-order valence-electron chi connectivity index (χ1n) is 5.45. The lowest BCUT2D eigenvalue weighted by Crippen LogP contribution is -2.29. The Balaban J connectivity index is 2.06. The molecule has 1 amide bonds. The number of amides is 1. The minimum absolute atomic E-state index is 0.0110. The predicted molar refractivity (Wildman–Crippen MR) is 61.2 cm³/mol. The molecule has 0 aliphatic carbocycles. The average molecular weight is 249 g/mol. The van der Waals surface area contributed by atoms with Gasteiger partial charge in [0.05, 0.1) is 5.75 Å². The van der Waals surface area contributed by atoms with Gasteiger partial charge in [0, 0.05) is 13.0 Å². The van der Waals surface area contributed by atoms with Crippen LogP contribution in [0.3, 0.4) is 0 Å². The van der Waals surface area contributed by atoms with E-state index in [4.69, 9.17) is 5.14 Å². The molecule has 6 nitrogen and oxygen atoms in total. The first kappa shape index (κ1) is 13.4. The molecule has 1 fully saturated rings. The maximum Gasteiger partial charge on any atom is 0.220 e. The summed E-state index contributed by atoms with van der Waals surface area (Å²) in [4.78, 5) is 11.4. The van der Waals surface area contributed by atoms with Gasteiger partial charge in [-0.05, 0) is 31.8 Å². The van der Waals surface area contributed by atoms with Crippen LogP contribution in [0.2, 0.25) is 0 Å². The van der Waals surface area contributed by atoms with E-state index in [1.54, 1.807) is 0 Å². The molecule has 4 N–H and O–H groups in total. The molecule has 0 bridgehead atoms. The zero-order valence-corrected chi connectivity index (χ0v) is 10.1. The van der Waals surface area contributed by atoms with Crippen molar-refractivity contribution in [2.24, 2.45) is 11.1 Å². The standard InChI is InChI=1S/C9H19N3O3S/c10-16(14,15)5-1-3-12-9(13)6-8-2-4-11-7-8/h8,11H,1-7H2,(H,12,13)(H2,10,14,15). The summed E-state index contributed by atoms with van der Waals surface area (Å²) in [6, 6.07) is 0. The Hall–Kier alpha value is -0.660. The van der Waals surface area contributed by atoms with Crippen molar-refractivity contribution in [3.63, 3.8) is 0 Å². The van der Waals surface area contributed by atoms with Crippen molar-refractivity contribution in [1.82, 2.24) is 10.6 Å². The molecule has 0 aromatic carbocycles. The Labute approximate surface area is 96.0 Å². The summed E-state index contributed by atoms with van der Waals surface area (Å²) in [5.74, 6) is 0.319. The van der Waals surface area contributed by atoms with Gasteiger partial charge in [0.1, 0.15) is 0 Å². The molecule has 1 aliphatic heterocycles. The van der Waals surface area contributed by atoms with Gasteiger partial charge in [0.2, 0.25) is 15.9 Å². The van der Waals surface area contributed by atoms with E-state index in [9.17, 15) is 13.2 Å². The molecule has 0 saturated carbocycles. The van der Waals surface area contributed by atoms with E-state index in [2.05, 4.69) is 10.6 Å². The Morgan fingerprint density at radius 1 is 1.50 bits per heavy atom. The normalized spacial score (nSPS) is 20.9. The van der Waals surface area contributed by atoms with Gasteiger partial charge >= 0.3 is 0 Å². The predicted octanol–water partition coefficient (Wildman–Crippen LogP) is -1.22. The smallest absolute Gasteiger partial charge is 0.220 e. The molecule has 1 unspecified atom stereocenters. The molecule has 0 spiro atoms. The second kappa shape index (κ2) is 6.17. The number of rotatable bonds is 6. The SMILES string of the molecule is NS(=O)(=O)CCCNC(=O)CC1CCNC1. The van der Waals surface area contributed by atoms with Crippen molar-refractivity contribution < 1.29 is 13.2 Å². The van der Waals surface area contributed by atoms with Gasteiger partial charge in [-0.3, -0.25) is 4.79 Å². The minimum Gasteiger partial charge on any atom is -0.356 e. The van der Waals surface area contributed by atoms with Crippen LogP contribution in [0.1, 0.15) is 19.3 Å². The quantitative estimate of drug-likeness (QED) is 0.514. The van der Waals surface area contributed by atoms with E-state index in [0.29, 0.717) is 25.3 Å². The molecule has 1 heterocycles. The summed E-state index contributed by atoms with van der Waals surface area (Å²) in [6.07, 6.45) is 1.92. The van der Waals surface area contributed by atoms with Crippen LogP contribution < -0.4 is 15.8 Å². The van der Waals surface area contributed by atoms with Crippen molar-refractivity contribution in [3.8, 4) is 0 Å².